The molecule has 0 spiro atoms. The molecule has 21 heavy (non-hydrogen) atoms. The number of fused-ring (bicyclic) bond motifs is 1. The topological polar surface area (TPSA) is 66.9 Å². The van der Waals surface area contributed by atoms with Crippen molar-refractivity contribution in [2.75, 3.05) is 18.4 Å². The lowest BCUT2D eigenvalue weighted by atomic mass is 10.2. The minimum atomic E-state index is -0.0180. The predicted octanol–water partition coefficient (Wildman–Crippen LogP) is 3.41. The van der Waals surface area contributed by atoms with Gasteiger partial charge in [0.05, 0.1) is 0 Å². The van der Waals surface area contributed by atoms with Gasteiger partial charge in [0, 0.05) is 30.3 Å². The van der Waals surface area contributed by atoms with Crippen LogP contribution >= 0.6 is 22.9 Å². The molecule has 1 amide bonds. The molecule has 2 heterocycles. The molecule has 0 bridgehead atoms. The van der Waals surface area contributed by atoms with Crippen molar-refractivity contribution in [3.05, 3.63) is 16.1 Å². The Morgan fingerprint density at radius 2 is 2.14 bits per heavy atom. The number of amides is 1. The molecule has 2 N–H and O–H groups in total. The summed E-state index contributed by atoms with van der Waals surface area (Å²) in [6, 6.07) is 2.06. The molecule has 0 aliphatic rings. The monoisotopic (exact) mass is 326 g/mol. The van der Waals surface area contributed by atoms with E-state index in [0.29, 0.717) is 30.1 Å². The van der Waals surface area contributed by atoms with Crippen molar-refractivity contribution in [2.45, 2.75) is 33.1 Å². The first-order chi connectivity index (χ1) is 9.97. The Balaban J connectivity index is 2.02. The van der Waals surface area contributed by atoms with Crippen molar-refractivity contribution in [2.24, 2.45) is 0 Å². The Kier molecular flexibility index (Phi) is 5.36. The quantitative estimate of drug-likeness (QED) is 0.630. The summed E-state index contributed by atoms with van der Waals surface area (Å²) >= 11 is 7.87. The van der Waals surface area contributed by atoms with Gasteiger partial charge in [0.2, 0.25) is 11.9 Å². The van der Waals surface area contributed by atoms with Crippen molar-refractivity contribution in [3.63, 3.8) is 0 Å². The standard InChI is InChI=1S/C14H19ClN4OS/c1-8(2)11-7-10-12(15)18-14(19-13(10)21-11)17-6-4-5-16-9(3)20/h7-8H,4-6H2,1-3H3,(H,16,20)(H,17,18,19). The number of thiophene rings is 1. The van der Waals surface area contributed by atoms with Gasteiger partial charge in [-0.2, -0.15) is 0 Å². The third-order valence-electron chi connectivity index (χ3n) is 2.94. The van der Waals surface area contributed by atoms with E-state index in [1.54, 1.807) is 11.3 Å². The van der Waals surface area contributed by atoms with Gasteiger partial charge in [-0.25, -0.2) is 9.97 Å². The lowest BCUT2D eigenvalue weighted by molar-refractivity contribution is -0.118. The predicted molar refractivity (Wildman–Crippen MR) is 88.3 cm³/mol. The van der Waals surface area contributed by atoms with Crippen molar-refractivity contribution >= 4 is 45.0 Å². The van der Waals surface area contributed by atoms with Crippen LogP contribution in [0.1, 0.15) is 38.0 Å². The van der Waals surface area contributed by atoms with E-state index in [9.17, 15) is 4.79 Å². The van der Waals surface area contributed by atoms with Gasteiger partial charge in [-0.15, -0.1) is 11.3 Å². The second kappa shape index (κ2) is 7.04. The van der Waals surface area contributed by atoms with Gasteiger partial charge in [0.1, 0.15) is 9.98 Å². The minimum absolute atomic E-state index is 0.0180. The largest absolute Gasteiger partial charge is 0.356 e. The molecule has 0 atom stereocenters. The maximum atomic E-state index is 10.8. The summed E-state index contributed by atoms with van der Waals surface area (Å²) < 4.78 is 0. The lowest BCUT2D eigenvalue weighted by Crippen LogP contribution is -2.22. The fraction of sp³-hybridized carbons (Fsp3) is 0.500. The molecular weight excluding hydrogens is 308 g/mol. The molecule has 0 unspecified atom stereocenters. The molecule has 0 saturated heterocycles. The number of rotatable bonds is 6. The van der Waals surface area contributed by atoms with Crippen LogP contribution in [0.5, 0.6) is 0 Å². The number of halogens is 1. The van der Waals surface area contributed by atoms with E-state index in [1.807, 2.05) is 0 Å². The van der Waals surface area contributed by atoms with Crippen molar-refractivity contribution in [3.8, 4) is 0 Å². The summed E-state index contributed by atoms with van der Waals surface area (Å²) in [4.78, 5) is 21.7. The highest BCUT2D eigenvalue weighted by Gasteiger charge is 2.12. The molecule has 2 aromatic heterocycles. The Morgan fingerprint density at radius 3 is 2.81 bits per heavy atom. The first-order valence-electron chi connectivity index (χ1n) is 6.92. The van der Waals surface area contributed by atoms with Crippen LogP contribution < -0.4 is 10.6 Å². The van der Waals surface area contributed by atoms with Gasteiger partial charge in [0.15, 0.2) is 0 Å². The maximum Gasteiger partial charge on any atom is 0.225 e. The molecule has 2 rings (SSSR count). The minimum Gasteiger partial charge on any atom is -0.356 e. The van der Waals surface area contributed by atoms with Crippen LogP contribution in [0.4, 0.5) is 5.95 Å². The maximum absolute atomic E-state index is 10.8. The molecular formula is C14H19ClN4OS. The highest BCUT2D eigenvalue weighted by molar-refractivity contribution is 7.18. The normalized spacial score (nSPS) is 11.1. The summed E-state index contributed by atoms with van der Waals surface area (Å²) in [5, 5.41) is 7.27. The summed E-state index contributed by atoms with van der Waals surface area (Å²) in [6.45, 7) is 7.12. The fourth-order valence-electron chi connectivity index (χ4n) is 1.82. The van der Waals surface area contributed by atoms with Crippen LogP contribution in [0, 0.1) is 0 Å². The van der Waals surface area contributed by atoms with E-state index in [1.165, 1.54) is 11.8 Å². The van der Waals surface area contributed by atoms with E-state index < -0.39 is 0 Å². The molecule has 0 radical (unpaired) electrons. The summed E-state index contributed by atoms with van der Waals surface area (Å²) in [6.07, 6.45) is 0.806. The van der Waals surface area contributed by atoms with Crippen molar-refractivity contribution in [1.82, 2.24) is 15.3 Å². The zero-order valence-electron chi connectivity index (χ0n) is 12.4. The van der Waals surface area contributed by atoms with Crippen molar-refractivity contribution < 1.29 is 4.79 Å². The molecule has 0 aliphatic heterocycles. The third kappa shape index (κ3) is 4.28. The van der Waals surface area contributed by atoms with Gasteiger partial charge in [0.25, 0.3) is 0 Å². The zero-order chi connectivity index (χ0) is 15.4. The van der Waals surface area contributed by atoms with E-state index in [2.05, 4.69) is 40.5 Å². The van der Waals surface area contributed by atoms with Crippen LogP contribution in [0.2, 0.25) is 5.15 Å². The van der Waals surface area contributed by atoms with Crippen LogP contribution in [0.25, 0.3) is 10.2 Å². The zero-order valence-corrected chi connectivity index (χ0v) is 13.9. The lowest BCUT2D eigenvalue weighted by Gasteiger charge is -2.05. The first kappa shape index (κ1) is 16.0. The highest BCUT2D eigenvalue weighted by Crippen LogP contribution is 2.33. The van der Waals surface area contributed by atoms with Gasteiger partial charge in [-0.05, 0) is 18.4 Å². The average molecular weight is 327 g/mol. The Bertz CT molecular complexity index is 641. The van der Waals surface area contributed by atoms with Gasteiger partial charge in [-0.3, -0.25) is 4.79 Å². The number of hydrogen-bond acceptors (Lipinski definition) is 5. The number of hydrogen-bond donors (Lipinski definition) is 2. The molecule has 114 valence electrons. The molecule has 0 fully saturated rings. The Morgan fingerprint density at radius 1 is 1.38 bits per heavy atom. The average Bonchev–Trinajstić information content (AvgIpc) is 2.82. The highest BCUT2D eigenvalue weighted by atomic mass is 35.5. The van der Waals surface area contributed by atoms with E-state index in [0.717, 1.165) is 16.6 Å². The molecule has 7 heteroatoms. The van der Waals surface area contributed by atoms with Crippen LogP contribution in [-0.4, -0.2) is 29.0 Å². The number of carbonyl (C=O) groups excluding carboxylic acids is 1. The van der Waals surface area contributed by atoms with E-state index >= 15 is 0 Å². The fourth-order valence-corrected chi connectivity index (χ4v) is 3.14. The smallest absolute Gasteiger partial charge is 0.225 e. The molecule has 5 nitrogen and oxygen atoms in total. The van der Waals surface area contributed by atoms with Gasteiger partial charge >= 0.3 is 0 Å². The summed E-state index contributed by atoms with van der Waals surface area (Å²) in [5.41, 5.74) is 0. The second-order valence-electron chi connectivity index (χ2n) is 5.12. The van der Waals surface area contributed by atoms with Gasteiger partial charge in [-0.1, -0.05) is 25.4 Å². The Labute approximate surface area is 133 Å². The van der Waals surface area contributed by atoms with E-state index in [-0.39, 0.29) is 5.91 Å². The summed E-state index contributed by atoms with van der Waals surface area (Å²) in [7, 11) is 0. The molecule has 0 saturated carbocycles. The number of nitrogens with zero attached hydrogens (tertiary/aromatic N) is 2. The number of anilines is 1. The number of nitrogens with one attached hydrogen (secondary N) is 2. The van der Waals surface area contributed by atoms with Crippen LogP contribution in [0.3, 0.4) is 0 Å². The summed E-state index contributed by atoms with van der Waals surface area (Å²) in [5.74, 6) is 0.970. The van der Waals surface area contributed by atoms with Gasteiger partial charge < -0.3 is 10.6 Å². The third-order valence-corrected chi connectivity index (χ3v) is 4.56. The molecule has 2 aromatic rings. The first-order valence-corrected chi connectivity index (χ1v) is 8.12. The molecule has 0 aliphatic carbocycles. The second-order valence-corrected chi connectivity index (χ2v) is 6.54. The number of aromatic nitrogens is 2. The van der Waals surface area contributed by atoms with Crippen LogP contribution in [0.15, 0.2) is 6.07 Å². The molecule has 0 aromatic carbocycles. The SMILES string of the molecule is CC(=O)NCCCNc1nc(Cl)c2cc(C(C)C)sc2n1. The number of carbonyl (C=O) groups is 1. The Hall–Kier alpha value is -1.40. The van der Waals surface area contributed by atoms with Crippen LogP contribution in [-0.2, 0) is 4.79 Å². The van der Waals surface area contributed by atoms with E-state index in [4.69, 9.17) is 11.6 Å². The van der Waals surface area contributed by atoms with Crippen molar-refractivity contribution in [1.29, 1.82) is 0 Å².